The number of aryl methyl sites for hydroxylation is 1. The summed E-state index contributed by atoms with van der Waals surface area (Å²) in [5, 5.41) is 14.3. The lowest BCUT2D eigenvalue weighted by Gasteiger charge is -2.10. The molecule has 0 spiro atoms. The third kappa shape index (κ3) is 5.33. The van der Waals surface area contributed by atoms with Crippen LogP contribution < -0.4 is 10.1 Å². The summed E-state index contributed by atoms with van der Waals surface area (Å²) in [5.74, 6) is 1.07. The summed E-state index contributed by atoms with van der Waals surface area (Å²) < 4.78 is 5.49. The highest BCUT2D eigenvalue weighted by atomic mass is 16.5. The molecule has 0 bridgehead atoms. The lowest BCUT2D eigenvalue weighted by Crippen LogP contribution is -2.21. The van der Waals surface area contributed by atoms with Gasteiger partial charge in [-0.2, -0.15) is 4.80 Å². The topological polar surface area (TPSA) is 81.9 Å². The summed E-state index contributed by atoms with van der Waals surface area (Å²) in [6, 6.07) is 7.83. The van der Waals surface area contributed by atoms with Crippen molar-refractivity contribution in [3.8, 4) is 5.75 Å². The highest BCUT2D eigenvalue weighted by Gasteiger charge is 2.09. The molecule has 0 aliphatic carbocycles. The van der Waals surface area contributed by atoms with Gasteiger partial charge in [0, 0.05) is 0 Å². The monoisotopic (exact) mass is 331 g/mol. The second-order valence-corrected chi connectivity index (χ2v) is 5.78. The maximum Gasteiger partial charge on any atom is 0.270 e. The van der Waals surface area contributed by atoms with Gasteiger partial charge in [-0.1, -0.05) is 44.4 Å². The zero-order valence-electron chi connectivity index (χ0n) is 14.5. The van der Waals surface area contributed by atoms with Crippen LogP contribution in [0.25, 0.3) is 0 Å². The fraction of sp³-hybridized carbons (Fsp3) is 0.529. The molecular weight excluding hydrogens is 306 g/mol. The number of ether oxygens (including phenoxy) is 1. The number of tetrazole rings is 1. The van der Waals surface area contributed by atoms with Crippen LogP contribution in [-0.2, 0) is 11.3 Å². The summed E-state index contributed by atoms with van der Waals surface area (Å²) in [6.45, 7) is 7.03. The summed E-state index contributed by atoms with van der Waals surface area (Å²) in [4.78, 5) is 13.4. The summed E-state index contributed by atoms with van der Waals surface area (Å²) in [6.07, 6.45) is 3.11. The van der Waals surface area contributed by atoms with Gasteiger partial charge in [0.05, 0.1) is 6.54 Å². The average Bonchev–Trinajstić information content (AvgIpc) is 3.05. The largest absolute Gasteiger partial charge is 0.484 e. The third-order valence-electron chi connectivity index (χ3n) is 3.85. The summed E-state index contributed by atoms with van der Waals surface area (Å²) >= 11 is 0. The van der Waals surface area contributed by atoms with Crippen molar-refractivity contribution in [3.63, 3.8) is 0 Å². The first-order valence-corrected chi connectivity index (χ1v) is 8.42. The number of unbranched alkanes of at least 4 members (excludes halogenated alkanes) is 1. The van der Waals surface area contributed by atoms with Gasteiger partial charge in [0.25, 0.3) is 11.9 Å². The highest BCUT2D eigenvalue weighted by molar-refractivity contribution is 5.90. The van der Waals surface area contributed by atoms with Crippen LogP contribution in [-0.4, -0.2) is 32.7 Å². The molecule has 7 heteroatoms. The van der Waals surface area contributed by atoms with Gasteiger partial charge in [0.2, 0.25) is 0 Å². The Bertz CT molecular complexity index is 639. The van der Waals surface area contributed by atoms with Crippen molar-refractivity contribution in [2.45, 2.75) is 52.5 Å². The number of hydrogen-bond acceptors (Lipinski definition) is 5. The van der Waals surface area contributed by atoms with Gasteiger partial charge in [0.15, 0.2) is 6.61 Å². The Morgan fingerprint density at radius 3 is 2.71 bits per heavy atom. The zero-order chi connectivity index (χ0) is 17.4. The predicted octanol–water partition coefficient (Wildman–Crippen LogP) is 3.00. The molecule has 0 saturated carbocycles. The number of anilines is 1. The first kappa shape index (κ1) is 17.9. The number of carbonyl (C=O) groups excluding carboxylic acids is 1. The Morgan fingerprint density at radius 2 is 2.04 bits per heavy atom. The summed E-state index contributed by atoms with van der Waals surface area (Å²) in [5.41, 5.74) is 1.27. The number of aromatic nitrogens is 4. The van der Waals surface area contributed by atoms with Crippen LogP contribution >= 0.6 is 0 Å². The van der Waals surface area contributed by atoms with Crippen molar-refractivity contribution in [2.24, 2.45) is 0 Å². The van der Waals surface area contributed by atoms with Gasteiger partial charge in [-0.05, 0) is 41.7 Å². The van der Waals surface area contributed by atoms with E-state index in [1.165, 1.54) is 10.4 Å². The van der Waals surface area contributed by atoms with E-state index in [1.54, 1.807) is 0 Å². The van der Waals surface area contributed by atoms with E-state index in [1.807, 2.05) is 24.3 Å². The first-order valence-electron chi connectivity index (χ1n) is 8.42. The van der Waals surface area contributed by atoms with E-state index in [0.717, 1.165) is 19.3 Å². The van der Waals surface area contributed by atoms with Crippen LogP contribution in [0, 0.1) is 0 Å². The molecule has 1 N–H and O–H groups in total. The Balaban J connectivity index is 1.79. The molecule has 1 heterocycles. The molecule has 1 aromatic heterocycles. The molecule has 1 atom stereocenters. The molecule has 2 aromatic rings. The molecule has 0 radical (unpaired) electrons. The number of nitrogens with zero attached hydrogens (tertiary/aromatic N) is 4. The van der Waals surface area contributed by atoms with Crippen LogP contribution in [0.1, 0.15) is 51.5 Å². The highest BCUT2D eigenvalue weighted by Crippen LogP contribution is 2.21. The van der Waals surface area contributed by atoms with Gasteiger partial charge in [0.1, 0.15) is 5.75 Å². The second-order valence-electron chi connectivity index (χ2n) is 5.78. The van der Waals surface area contributed by atoms with Gasteiger partial charge in [-0.25, -0.2) is 0 Å². The van der Waals surface area contributed by atoms with Crippen LogP contribution in [0.3, 0.4) is 0 Å². The molecule has 24 heavy (non-hydrogen) atoms. The minimum atomic E-state index is -0.309. The molecular formula is C17H25N5O2. The van der Waals surface area contributed by atoms with E-state index in [2.05, 4.69) is 41.5 Å². The van der Waals surface area contributed by atoms with Crippen molar-refractivity contribution in [2.75, 3.05) is 11.9 Å². The van der Waals surface area contributed by atoms with Crippen LogP contribution in [0.5, 0.6) is 5.75 Å². The molecule has 1 amide bonds. The number of nitrogens with one attached hydrogen (secondary N) is 1. The van der Waals surface area contributed by atoms with Crippen molar-refractivity contribution < 1.29 is 9.53 Å². The fourth-order valence-electron chi connectivity index (χ4n) is 2.13. The SMILES string of the molecule is CCCCn1nnc(NC(=O)COc2ccc(C(C)CC)cc2)n1. The zero-order valence-corrected chi connectivity index (χ0v) is 14.5. The Hall–Kier alpha value is -2.44. The van der Waals surface area contributed by atoms with Crippen molar-refractivity contribution in [1.29, 1.82) is 0 Å². The number of hydrogen-bond donors (Lipinski definition) is 1. The van der Waals surface area contributed by atoms with E-state index in [0.29, 0.717) is 18.2 Å². The van der Waals surface area contributed by atoms with Crippen LogP contribution in [0.15, 0.2) is 24.3 Å². The smallest absolute Gasteiger partial charge is 0.270 e. The lowest BCUT2D eigenvalue weighted by atomic mass is 9.99. The molecule has 0 fully saturated rings. The van der Waals surface area contributed by atoms with E-state index in [9.17, 15) is 4.79 Å². The quantitative estimate of drug-likeness (QED) is 0.764. The van der Waals surface area contributed by atoms with E-state index < -0.39 is 0 Å². The second kappa shape index (κ2) is 9.00. The molecule has 130 valence electrons. The van der Waals surface area contributed by atoms with Gasteiger partial charge >= 0.3 is 0 Å². The van der Waals surface area contributed by atoms with Crippen molar-refractivity contribution in [1.82, 2.24) is 20.2 Å². The Labute approximate surface area is 142 Å². The molecule has 2 rings (SSSR count). The van der Waals surface area contributed by atoms with Gasteiger partial charge in [-0.15, -0.1) is 5.10 Å². The Morgan fingerprint density at radius 1 is 1.29 bits per heavy atom. The first-order chi connectivity index (χ1) is 11.6. The molecule has 0 saturated heterocycles. The van der Waals surface area contributed by atoms with Gasteiger partial charge in [-0.3, -0.25) is 10.1 Å². The normalized spacial score (nSPS) is 12.0. The molecule has 0 aliphatic heterocycles. The van der Waals surface area contributed by atoms with Crippen LogP contribution in [0.4, 0.5) is 5.95 Å². The number of benzene rings is 1. The van der Waals surface area contributed by atoms with E-state index >= 15 is 0 Å². The Kier molecular flexibility index (Phi) is 6.72. The number of amides is 1. The van der Waals surface area contributed by atoms with Crippen LogP contribution in [0.2, 0.25) is 0 Å². The molecule has 1 unspecified atom stereocenters. The molecule has 1 aromatic carbocycles. The predicted molar refractivity (Wildman–Crippen MR) is 92.0 cm³/mol. The van der Waals surface area contributed by atoms with Crippen molar-refractivity contribution >= 4 is 11.9 Å². The standard InChI is InChI=1S/C17H25N5O2/c1-4-6-11-22-20-17(19-21-22)18-16(23)12-24-15-9-7-14(8-10-15)13(3)5-2/h7-10,13H,4-6,11-12H2,1-3H3,(H,18,20,23). The van der Waals surface area contributed by atoms with E-state index in [4.69, 9.17) is 4.74 Å². The maximum absolute atomic E-state index is 11.9. The number of carbonyl (C=O) groups is 1. The minimum absolute atomic E-state index is 0.0911. The molecule has 7 nitrogen and oxygen atoms in total. The summed E-state index contributed by atoms with van der Waals surface area (Å²) in [7, 11) is 0. The lowest BCUT2D eigenvalue weighted by molar-refractivity contribution is -0.118. The maximum atomic E-state index is 11.9. The van der Waals surface area contributed by atoms with Crippen molar-refractivity contribution in [3.05, 3.63) is 29.8 Å². The minimum Gasteiger partial charge on any atom is -0.484 e. The average molecular weight is 331 g/mol. The van der Waals surface area contributed by atoms with E-state index in [-0.39, 0.29) is 18.5 Å². The third-order valence-corrected chi connectivity index (χ3v) is 3.85. The number of rotatable bonds is 9. The fourth-order valence-corrected chi connectivity index (χ4v) is 2.13. The molecule has 0 aliphatic rings. The van der Waals surface area contributed by atoms with Gasteiger partial charge < -0.3 is 4.74 Å².